The molecule has 0 aliphatic heterocycles. The predicted molar refractivity (Wildman–Crippen MR) is 67.5 cm³/mol. The molecule has 0 saturated heterocycles. The first-order chi connectivity index (χ1) is 9.09. The zero-order valence-electron chi connectivity index (χ0n) is 10.4. The second kappa shape index (κ2) is 5.34. The van der Waals surface area contributed by atoms with E-state index in [4.69, 9.17) is 10.5 Å². The molecule has 0 radical (unpaired) electrons. The van der Waals surface area contributed by atoms with Gasteiger partial charge in [0.2, 0.25) is 0 Å². The zero-order valence-corrected chi connectivity index (χ0v) is 10.4. The molecule has 98 valence electrons. The molecule has 6 nitrogen and oxygen atoms in total. The highest BCUT2D eigenvalue weighted by atomic mass is 16.5. The minimum absolute atomic E-state index is 0.168. The van der Waals surface area contributed by atoms with Crippen LogP contribution in [0.15, 0.2) is 36.5 Å². The lowest BCUT2D eigenvalue weighted by Crippen LogP contribution is -2.22. The number of rotatable bonds is 3. The van der Waals surface area contributed by atoms with Gasteiger partial charge in [0.15, 0.2) is 0 Å². The van der Waals surface area contributed by atoms with Crippen LogP contribution in [0.25, 0.3) is 0 Å². The summed E-state index contributed by atoms with van der Waals surface area (Å²) in [7, 11) is 0. The third kappa shape index (κ3) is 2.79. The molecule has 1 aromatic carbocycles. The Labute approximate surface area is 109 Å². The molecule has 0 fully saturated rings. The normalized spacial score (nSPS) is 10.2. The van der Waals surface area contributed by atoms with Gasteiger partial charge in [0, 0.05) is 0 Å². The van der Waals surface area contributed by atoms with Crippen molar-refractivity contribution < 1.29 is 14.3 Å². The lowest BCUT2D eigenvalue weighted by Gasteiger charge is -2.04. The molecule has 1 aromatic heterocycles. The number of ether oxygens (including phenoxy) is 1. The second-order valence-corrected chi connectivity index (χ2v) is 3.96. The Morgan fingerprint density at radius 2 is 2.00 bits per heavy atom. The van der Waals surface area contributed by atoms with Crippen molar-refractivity contribution in [2.75, 3.05) is 0 Å². The Morgan fingerprint density at radius 3 is 2.58 bits per heavy atom. The average Bonchev–Trinajstić information content (AvgIpc) is 2.79. The van der Waals surface area contributed by atoms with E-state index in [1.165, 1.54) is 6.20 Å². The van der Waals surface area contributed by atoms with Crippen LogP contribution in [0.1, 0.15) is 21.6 Å². The maximum Gasteiger partial charge on any atom is 0.341 e. The van der Waals surface area contributed by atoms with Gasteiger partial charge in [-0.15, -0.1) is 0 Å². The molecule has 6 heteroatoms. The van der Waals surface area contributed by atoms with Crippen LogP contribution < -0.4 is 5.73 Å². The van der Waals surface area contributed by atoms with Crippen LogP contribution in [-0.2, 0) is 11.3 Å². The van der Waals surface area contributed by atoms with Crippen LogP contribution >= 0.6 is 0 Å². The summed E-state index contributed by atoms with van der Waals surface area (Å²) >= 11 is 0. The Bertz CT molecular complexity index is 605. The average molecular weight is 259 g/mol. The van der Waals surface area contributed by atoms with Crippen molar-refractivity contribution in [1.29, 1.82) is 0 Å². The van der Waals surface area contributed by atoms with E-state index in [0.29, 0.717) is 5.69 Å². The van der Waals surface area contributed by atoms with Crippen LogP contribution in [0.5, 0.6) is 0 Å². The number of amides is 1. The van der Waals surface area contributed by atoms with Gasteiger partial charge < -0.3 is 10.5 Å². The Hall–Kier alpha value is -2.63. The molecule has 0 saturated carbocycles. The van der Waals surface area contributed by atoms with Crippen LogP contribution in [0, 0.1) is 6.92 Å². The van der Waals surface area contributed by atoms with Gasteiger partial charge in [-0.25, -0.2) is 9.59 Å². The molecule has 0 bridgehead atoms. The maximum absolute atomic E-state index is 11.8. The first-order valence-corrected chi connectivity index (χ1v) is 5.65. The Morgan fingerprint density at radius 1 is 1.32 bits per heavy atom. The molecule has 0 spiro atoms. The Kier molecular flexibility index (Phi) is 3.61. The summed E-state index contributed by atoms with van der Waals surface area (Å²) in [5.74, 6) is -0.533. The van der Waals surface area contributed by atoms with Crippen molar-refractivity contribution in [2.24, 2.45) is 5.73 Å². The van der Waals surface area contributed by atoms with Gasteiger partial charge in [-0.1, -0.05) is 30.3 Å². The molecule has 0 aliphatic rings. The largest absolute Gasteiger partial charge is 0.457 e. The number of aromatic nitrogens is 2. The predicted octanol–water partition coefficient (Wildman–Crippen LogP) is 1.48. The summed E-state index contributed by atoms with van der Waals surface area (Å²) < 4.78 is 6.10. The fourth-order valence-electron chi connectivity index (χ4n) is 1.63. The molecule has 0 unspecified atom stereocenters. The number of benzene rings is 1. The maximum atomic E-state index is 11.8. The van der Waals surface area contributed by atoms with E-state index < -0.39 is 12.0 Å². The highest BCUT2D eigenvalue weighted by Crippen LogP contribution is 2.10. The van der Waals surface area contributed by atoms with Gasteiger partial charge in [0.1, 0.15) is 12.2 Å². The number of primary amides is 1. The number of esters is 1. The molecule has 0 aliphatic carbocycles. The number of carbonyl (C=O) groups excluding carboxylic acids is 2. The summed E-state index contributed by atoms with van der Waals surface area (Å²) in [4.78, 5) is 22.9. The van der Waals surface area contributed by atoms with Crippen LogP contribution in [-0.4, -0.2) is 21.8 Å². The van der Waals surface area contributed by atoms with E-state index in [0.717, 1.165) is 10.2 Å². The minimum Gasteiger partial charge on any atom is -0.457 e. The molecule has 1 amide bonds. The molecule has 2 rings (SSSR count). The van der Waals surface area contributed by atoms with Gasteiger partial charge in [0.25, 0.3) is 0 Å². The SMILES string of the molecule is Cc1c(C(=O)OCc2ccccc2)cnn1C(N)=O. The fourth-order valence-corrected chi connectivity index (χ4v) is 1.63. The quantitative estimate of drug-likeness (QED) is 0.845. The molecule has 2 aromatic rings. The lowest BCUT2D eigenvalue weighted by molar-refractivity contribution is 0.0472. The van der Waals surface area contributed by atoms with Gasteiger partial charge in [-0.3, -0.25) is 0 Å². The highest BCUT2D eigenvalue weighted by Gasteiger charge is 2.17. The van der Waals surface area contributed by atoms with E-state index in [-0.39, 0.29) is 12.2 Å². The molecule has 19 heavy (non-hydrogen) atoms. The Balaban J connectivity index is 2.07. The summed E-state index contributed by atoms with van der Waals surface area (Å²) in [5, 5.41) is 3.73. The van der Waals surface area contributed by atoms with Gasteiger partial charge in [0.05, 0.1) is 11.9 Å². The third-order valence-electron chi connectivity index (χ3n) is 2.65. The summed E-state index contributed by atoms with van der Waals surface area (Å²) in [6, 6.07) is 8.57. The lowest BCUT2D eigenvalue weighted by atomic mass is 10.2. The van der Waals surface area contributed by atoms with Crippen LogP contribution in [0.2, 0.25) is 0 Å². The zero-order chi connectivity index (χ0) is 13.8. The summed E-state index contributed by atoms with van der Waals surface area (Å²) in [6.45, 7) is 1.75. The summed E-state index contributed by atoms with van der Waals surface area (Å²) in [5.41, 5.74) is 6.58. The molecular weight excluding hydrogens is 246 g/mol. The standard InChI is InChI=1S/C13H13N3O3/c1-9-11(7-15-16(9)13(14)18)12(17)19-8-10-5-3-2-4-6-10/h2-7H,8H2,1H3,(H2,14,18). The first kappa shape index (κ1) is 12.8. The topological polar surface area (TPSA) is 87.2 Å². The highest BCUT2D eigenvalue weighted by molar-refractivity contribution is 5.91. The second-order valence-electron chi connectivity index (χ2n) is 3.96. The van der Waals surface area contributed by atoms with Gasteiger partial charge in [-0.05, 0) is 12.5 Å². The van der Waals surface area contributed by atoms with E-state index in [9.17, 15) is 9.59 Å². The van der Waals surface area contributed by atoms with E-state index in [1.807, 2.05) is 30.3 Å². The van der Waals surface area contributed by atoms with Crippen molar-refractivity contribution in [3.05, 3.63) is 53.3 Å². The summed E-state index contributed by atoms with van der Waals surface area (Å²) in [6.07, 6.45) is 1.27. The monoisotopic (exact) mass is 259 g/mol. The van der Waals surface area contributed by atoms with Crippen molar-refractivity contribution >= 4 is 12.0 Å². The molecule has 2 N–H and O–H groups in total. The van der Waals surface area contributed by atoms with E-state index >= 15 is 0 Å². The van der Waals surface area contributed by atoms with Gasteiger partial charge in [-0.2, -0.15) is 9.78 Å². The number of hydrogen-bond donors (Lipinski definition) is 1. The fraction of sp³-hybridized carbons (Fsp3) is 0.154. The van der Waals surface area contributed by atoms with Crippen molar-refractivity contribution in [3.63, 3.8) is 0 Å². The van der Waals surface area contributed by atoms with Crippen molar-refractivity contribution in [3.8, 4) is 0 Å². The number of carbonyl (C=O) groups is 2. The van der Waals surface area contributed by atoms with Crippen LogP contribution in [0.4, 0.5) is 4.79 Å². The van der Waals surface area contributed by atoms with Crippen molar-refractivity contribution in [1.82, 2.24) is 9.78 Å². The third-order valence-corrected chi connectivity index (χ3v) is 2.65. The number of nitrogens with two attached hydrogens (primary N) is 1. The van der Waals surface area contributed by atoms with Crippen molar-refractivity contribution in [2.45, 2.75) is 13.5 Å². The molecule has 0 atom stereocenters. The molecule has 1 heterocycles. The number of hydrogen-bond acceptors (Lipinski definition) is 4. The molecular formula is C13H13N3O3. The minimum atomic E-state index is -0.736. The van der Waals surface area contributed by atoms with Gasteiger partial charge >= 0.3 is 12.0 Å². The number of nitrogens with zero attached hydrogens (tertiary/aromatic N) is 2. The smallest absolute Gasteiger partial charge is 0.341 e. The van der Waals surface area contributed by atoms with Crippen LogP contribution in [0.3, 0.4) is 0 Å². The first-order valence-electron chi connectivity index (χ1n) is 5.65. The van der Waals surface area contributed by atoms with E-state index in [1.54, 1.807) is 6.92 Å². The van der Waals surface area contributed by atoms with E-state index in [2.05, 4.69) is 5.10 Å².